The van der Waals surface area contributed by atoms with Crippen LogP contribution in [0.3, 0.4) is 0 Å². The first-order valence-electron chi connectivity index (χ1n) is 5.57. The van der Waals surface area contributed by atoms with Gasteiger partial charge in [0.15, 0.2) is 0 Å². The lowest BCUT2D eigenvalue weighted by atomic mass is 10.0. The second kappa shape index (κ2) is 4.95. The topological polar surface area (TPSA) is 78.4 Å². The Morgan fingerprint density at radius 2 is 2.25 bits per heavy atom. The van der Waals surface area contributed by atoms with Crippen LogP contribution < -0.4 is 10.6 Å². The van der Waals surface area contributed by atoms with Gasteiger partial charge in [-0.2, -0.15) is 11.8 Å². The first kappa shape index (κ1) is 11.6. The van der Waals surface area contributed by atoms with E-state index in [4.69, 9.17) is 5.11 Å². The maximum Gasteiger partial charge on any atom is 0.315 e. The average molecular weight is 244 g/mol. The molecule has 5 nitrogen and oxygen atoms in total. The molecule has 2 fully saturated rings. The summed E-state index contributed by atoms with van der Waals surface area (Å²) in [6, 6.07) is 0.440. The third kappa shape index (κ3) is 2.61. The van der Waals surface area contributed by atoms with E-state index in [0.29, 0.717) is 5.25 Å². The maximum absolute atomic E-state index is 11.1. The van der Waals surface area contributed by atoms with E-state index in [1.807, 2.05) is 11.8 Å². The molecule has 0 spiro atoms. The minimum absolute atomic E-state index is 0.0640. The molecule has 0 saturated carbocycles. The summed E-state index contributed by atoms with van der Waals surface area (Å²) in [6.45, 7) is 0. The number of aliphatic carboxylic acids is 1. The maximum atomic E-state index is 11.1. The van der Waals surface area contributed by atoms with Crippen LogP contribution in [0.15, 0.2) is 0 Å². The first-order chi connectivity index (χ1) is 7.66. The summed E-state index contributed by atoms with van der Waals surface area (Å²) < 4.78 is 0. The second-order valence-electron chi connectivity index (χ2n) is 4.26. The highest BCUT2D eigenvalue weighted by Crippen LogP contribution is 2.33. The Labute approximate surface area is 98.4 Å². The van der Waals surface area contributed by atoms with E-state index >= 15 is 0 Å². The molecule has 16 heavy (non-hydrogen) atoms. The standard InChI is InChI=1S/C10H16N2O3S/c13-8(14)4-2-1-3-7-9-6(5-16-7)11-10(15)12-9/h6-7,9H,1-5H2,(H,13,14)(H2,11,12,15)/t6-,7?,9-/m0/s1. The van der Waals surface area contributed by atoms with E-state index in [2.05, 4.69) is 10.6 Å². The third-order valence-electron chi connectivity index (χ3n) is 3.07. The number of thioether (sulfide) groups is 1. The Morgan fingerprint density at radius 1 is 1.44 bits per heavy atom. The van der Waals surface area contributed by atoms with Gasteiger partial charge in [0.1, 0.15) is 0 Å². The van der Waals surface area contributed by atoms with Crippen molar-refractivity contribution in [2.24, 2.45) is 0 Å². The number of nitrogens with one attached hydrogen (secondary N) is 2. The van der Waals surface area contributed by atoms with Crippen LogP contribution >= 0.6 is 11.8 Å². The van der Waals surface area contributed by atoms with Crippen LogP contribution in [0.4, 0.5) is 4.79 Å². The Kier molecular flexibility index (Phi) is 3.58. The number of hydrogen-bond acceptors (Lipinski definition) is 3. The zero-order chi connectivity index (χ0) is 11.5. The third-order valence-corrected chi connectivity index (χ3v) is 4.58. The summed E-state index contributed by atoms with van der Waals surface area (Å²) in [5.41, 5.74) is 0. The molecule has 0 aromatic heterocycles. The van der Waals surface area contributed by atoms with Crippen molar-refractivity contribution in [3.63, 3.8) is 0 Å². The molecule has 0 aromatic rings. The summed E-state index contributed by atoms with van der Waals surface area (Å²) >= 11 is 1.87. The van der Waals surface area contributed by atoms with Gasteiger partial charge in [-0.3, -0.25) is 4.79 Å². The van der Waals surface area contributed by atoms with Gasteiger partial charge in [-0.25, -0.2) is 4.79 Å². The van der Waals surface area contributed by atoms with Crippen LogP contribution in [0.1, 0.15) is 25.7 Å². The van der Waals surface area contributed by atoms with Gasteiger partial charge in [-0.05, 0) is 12.8 Å². The number of amides is 2. The number of unbranched alkanes of at least 4 members (excludes halogenated alkanes) is 1. The van der Waals surface area contributed by atoms with Gasteiger partial charge in [-0.15, -0.1) is 0 Å². The van der Waals surface area contributed by atoms with Crippen LogP contribution in [0.25, 0.3) is 0 Å². The summed E-state index contributed by atoms with van der Waals surface area (Å²) in [6.07, 6.45) is 2.88. The van der Waals surface area contributed by atoms with Gasteiger partial charge >= 0.3 is 12.0 Å². The minimum atomic E-state index is -0.729. The zero-order valence-corrected chi connectivity index (χ0v) is 9.76. The second-order valence-corrected chi connectivity index (χ2v) is 5.53. The van der Waals surface area contributed by atoms with Crippen LogP contribution in [0.5, 0.6) is 0 Å². The highest BCUT2D eigenvalue weighted by molar-refractivity contribution is 8.00. The smallest absolute Gasteiger partial charge is 0.315 e. The number of rotatable bonds is 5. The van der Waals surface area contributed by atoms with Crippen molar-refractivity contribution in [1.82, 2.24) is 10.6 Å². The van der Waals surface area contributed by atoms with Crippen molar-refractivity contribution in [1.29, 1.82) is 0 Å². The summed E-state index contributed by atoms with van der Waals surface area (Å²) in [5.74, 6) is 0.236. The van der Waals surface area contributed by atoms with E-state index in [1.54, 1.807) is 0 Å². The Hall–Kier alpha value is -0.910. The fourth-order valence-corrected chi connectivity index (χ4v) is 3.81. The molecule has 3 atom stereocenters. The van der Waals surface area contributed by atoms with Crippen molar-refractivity contribution < 1.29 is 14.7 Å². The molecule has 0 radical (unpaired) electrons. The van der Waals surface area contributed by atoms with Gasteiger partial charge in [0.05, 0.1) is 12.1 Å². The van der Waals surface area contributed by atoms with Crippen LogP contribution in [0, 0.1) is 0 Å². The molecule has 0 aliphatic carbocycles. The first-order valence-corrected chi connectivity index (χ1v) is 6.62. The van der Waals surface area contributed by atoms with E-state index in [0.717, 1.165) is 25.0 Å². The fraction of sp³-hybridized carbons (Fsp3) is 0.800. The van der Waals surface area contributed by atoms with E-state index < -0.39 is 5.97 Å². The lowest BCUT2D eigenvalue weighted by Crippen LogP contribution is -2.36. The minimum Gasteiger partial charge on any atom is -0.481 e. The zero-order valence-electron chi connectivity index (χ0n) is 8.94. The lowest BCUT2D eigenvalue weighted by Gasteiger charge is -2.16. The highest BCUT2D eigenvalue weighted by Gasteiger charge is 2.42. The highest BCUT2D eigenvalue weighted by atomic mass is 32.2. The summed E-state index contributed by atoms with van der Waals surface area (Å²) in [4.78, 5) is 21.5. The van der Waals surface area contributed by atoms with E-state index in [1.165, 1.54) is 0 Å². The van der Waals surface area contributed by atoms with Crippen molar-refractivity contribution in [2.75, 3.05) is 5.75 Å². The predicted molar refractivity (Wildman–Crippen MR) is 61.6 cm³/mol. The Balaban J connectivity index is 1.70. The molecule has 0 aromatic carbocycles. The normalized spacial score (nSPS) is 32.0. The van der Waals surface area contributed by atoms with Gasteiger partial charge < -0.3 is 15.7 Å². The van der Waals surface area contributed by atoms with Crippen molar-refractivity contribution in [3.05, 3.63) is 0 Å². The summed E-state index contributed by atoms with van der Waals surface area (Å²) in [5, 5.41) is 14.8. The molecule has 2 rings (SSSR count). The molecule has 2 aliphatic heterocycles. The van der Waals surface area contributed by atoms with Crippen molar-refractivity contribution >= 4 is 23.8 Å². The molecule has 2 aliphatic rings. The molecule has 2 heterocycles. The van der Waals surface area contributed by atoms with Crippen LogP contribution in [-0.2, 0) is 4.79 Å². The average Bonchev–Trinajstić information content (AvgIpc) is 2.72. The number of fused-ring (bicyclic) bond motifs is 1. The van der Waals surface area contributed by atoms with Gasteiger partial charge in [0.2, 0.25) is 0 Å². The van der Waals surface area contributed by atoms with Crippen molar-refractivity contribution in [2.45, 2.75) is 43.0 Å². The number of hydrogen-bond donors (Lipinski definition) is 3. The summed E-state index contributed by atoms with van der Waals surface area (Å²) in [7, 11) is 0. The molecule has 3 N–H and O–H groups in total. The SMILES string of the molecule is O=C(O)CCCCC1SC[C@@H]2NC(=O)N[C@H]12. The number of carbonyl (C=O) groups is 2. The molecule has 2 saturated heterocycles. The predicted octanol–water partition coefficient (Wildman–Crippen LogP) is 0.797. The number of carbonyl (C=O) groups excluding carboxylic acids is 1. The number of carboxylic acid groups (broad SMARTS) is 1. The van der Waals surface area contributed by atoms with Crippen molar-refractivity contribution in [3.8, 4) is 0 Å². The quantitative estimate of drug-likeness (QED) is 0.493. The number of carboxylic acids is 1. The van der Waals surface area contributed by atoms with Gasteiger partial charge in [0, 0.05) is 17.4 Å². The van der Waals surface area contributed by atoms with Gasteiger partial charge in [-0.1, -0.05) is 6.42 Å². The number of urea groups is 1. The van der Waals surface area contributed by atoms with E-state index in [-0.39, 0.29) is 24.5 Å². The molecule has 90 valence electrons. The van der Waals surface area contributed by atoms with Crippen LogP contribution in [-0.4, -0.2) is 40.2 Å². The monoisotopic (exact) mass is 244 g/mol. The largest absolute Gasteiger partial charge is 0.481 e. The lowest BCUT2D eigenvalue weighted by molar-refractivity contribution is -0.137. The van der Waals surface area contributed by atoms with Crippen LogP contribution in [0.2, 0.25) is 0 Å². The van der Waals surface area contributed by atoms with E-state index in [9.17, 15) is 9.59 Å². The Bertz CT molecular complexity index is 298. The molecular formula is C10H16N2O3S. The molecule has 1 unspecified atom stereocenters. The molecule has 2 amide bonds. The Morgan fingerprint density at radius 3 is 3.00 bits per heavy atom. The molecule has 6 heteroatoms. The molecular weight excluding hydrogens is 228 g/mol. The molecule has 0 bridgehead atoms. The van der Waals surface area contributed by atoms with Gasteiger partial charge in [0.25, 0.3) is 0 Å². The fourth-order valence-electron chi connectivity index (χ4n) is 2.26.